The van der Waals surface area contributed by atoms with Crippen molar-refractivity contribution in [3.63, 3.8) is 0 Å². The fourth-order valence-corrected chi connectivity index (χ4v) is 15.5. The van der Waals surface area contributed by atoms with Crippen LogP contribution >= 0.6 is 15.5 Å². The van der Waals surface area contributed by atoms with Gasteiger partial charge in [-0.15, -0.1) is 0 Å². The van der Waals surface area contributed by atoms with Gasteiger partial charge in [-0.2, -0.15) is 0 Å². The van der Waals surface area contributed by atoms with Gasteiger partial charge < -0.3 is 0 Å². The van der Waals surface area contributed by atoms with Crippen molar-refractivity contribution in [1.29, 1.82) is 0 Å². The summed E-state index contributed by atoms with van der Waals surface area (Å²) < 4.78 is 5.67. The largest absolute Gasteiger partial charge is 0.261 e. The number of rotatable bonds is 8. The number of hydrogen-bond donors (Lipinski definition) is 0. The Balaban J connectivity index is 2.60. The molecule has 1 aliphatic rings. The molecule has 0 radical (unpaired) electrons. The normalized spacial score (nSPS) is 18.1. The molecule has 1 aromatic carbocycles. The third kappa shape index (κ3) is 5.07. The zero-order chi connectivity index (χ0) is 21.4. The molecule has 1 aromatic rings. The van der Waals surface area contributed by atoms with Gasteiger partial charge in [-0.05, 0) is 77.0 Å². The molecule has 1 aliphatic heterocycles. The van der Waals surface area contributed by atoms with Crippen molar-refractivity contribution in [3.8, 4) is 0 Å². The highest BCUT2D eigenvalue weighted by molar-refractivity contribution is 8.38. The fourth-order valence-electron chi connectivity index (χ4n) is 4.21. The van der Waals surface area contributed by atoms with Crippen LogP contribution in [0.3, 0.4) is 0 Å². The van der Waals surface area contributed by atoms with Crippen molar-refractivity contribution in [1.82, 2.24) is 9.34 Å². The summed E-state index contributed by atoms with van der Waals surface area (Å²) in [6.45, 7) is 26.3. The Kier molecular flexibility index (Phi) is 7.94. The molecule has 2 rings (SSSR count). The maximum atomic E-state index is 2.84. The van der Waals surface area contributed by atoms with Gasteiger partial charge in [0, 0.05) is 31.8 Å². The summed E-state index contributed by atoms with van der Waals surface area (Å²) in [5, 5.41) is 3.41. The average molecular weight is 421 g/mol. The highest BCUT2D eigenvalue weighted by atomic mass is 32.1. The molecule has 0 amide bonds. The topological polar surface area (TPSA) is 6.48 Å². The summed E-state index contributed by atoms with van der Waals surface area (Å²) >= 11 is 0. The van der Waals surface area contributed by atoms with E-state index >= 15 is 0 Å². The Bertz CT molecular complexity index is 636. The maximum Gasteiger partial charge on any atom is 0.0749 e. The van der Waals surface area contributed by atoms with E-state index in [-0.39, 0.29) is 13.0 Å². The second kappa shape index (κ2) is 9.26. The molecule has 0 N–H and O–H groups in total. The van der Waals surface area contributed by atoms with E-state index < -0.39 is 7.91 Å². The zero-order valence-electron chi connectivity index (χ0n) is 20.0. The van der Waals surface area contributed by atoms with Crippen LogP contribution in [0.1, 0.15) is 81.7 Å². The SMILES string of the molecule is CC(C)N(C(C)C)P(N(C(C)C)C(C)C)[P@]1C(c2ccccc2)=C1C(C)(C)C. The molecule has 0 aromatic heterocycles. The van der Waals surface area contributed by atoms with E-state index in [0.29, 0.717) is 24.2 Å². The summed E-state index contributed by atoms with van der Waals surface area (Å²) in [6.07, 6.45) is 0. The minimum absolute atomic E-state index is 0.233. The van der Waals surface area contributed by atoms with E-state index in [1.54, 1.807) is 10.6 Å². The molecule has 0 saturated heterocycles. The van der Waals surface area contributed by atoms with Crippen molar-refractivity contribution in [2.24, 2.45) is 5.41 Å². The number of nitrogens with zero attached hydrogens (tertiary/aromatic N) is 2. The lowest BCUT2D eigenvalue weighted by molar-refractivity contribution is 0.264. The molecular weight excluding hydrogens is 378 g/mol. The third-order valence-electron chi connectivity index (χ3n) is 5.06. The van der Waals surface area contributed by atoms with Crippen LogP contribution < -0.4 is 0 Å². The van der Waals surface area contributed by atoms with Gasteiger partial charge in [0.15, 0.2) is 0 Å². The molecule has 4 heteroatoms. The average Bonchev–Trinajstić information content (AvgIpc) is 3.29. The highest BCUT2D eigenvalue weighted by Crippen LogP contribution is 2.95. The van der Waals surface area contributed by atoms with Gasteiger partial charge in [-0.25, -0.2) is 0 Å². The van der Waals surface area contributed by atoms with E-state index in [2.05, 4.69) is 116 Å². The van der Waals surface area contributed by atoms with Crippen LogP contribution in [0, 0.1) is 5.41 Å². The summed E-state index contributed by atoms with van der Waals surface area (Å²) in [6, 6.07) is 13.4. The molecule has 0 bridgehead atoms. The monoisotopic (exact) mass is 420 g/mol. The second-order valence-electron chi connectivity index (χ2n) is 10.0. The standard InChI is InChI=1S/C24H42N2P2/c1-17(2)25(18(3)4)28(26(19(5)6)20(7)8)27-22(23(27)24(9,10)11)21-15-13-12-14-16-21/h12-20H,1-11H3/t27-/m1/s1. The van der Waals surface area contributed by atoms with Crippen molar-refractivity contribution < 1.29 is 0 Å². The molecule has 1 atom stereocenters. The molecule has 0 unspecified atom stereocenters. The Labute approximate surface area is 177 Å². The van der Waals surface area contributed by atoms with Gasteiger partial charge in [0.1, 0.15) is 0 Å². The fraction of sp³-hybridized carbons (Fsp3) is 0.667. The Morgan fingerprint density at radius 1 is 0.714 bits per heavy atom. The van der Waals surface area contributed by atoms with E-state index in [0.717, 1.165) is 0 Å². The number of benzene rings is 1. The molecular formula is C24H42N2P2. The van der Waals surface area contributed by atoms with Crippen LogP contribution in [0.25, 0.3) is 5.31 Å². The molecule has 0 spiro atoms. The quantitative estimate of drug-likeness (QED) is 0.390. The lowest BCUT2D eigenvalue weighted by Crippen LogP contribution is -2.41. The summed E-state index contributed by atoms with van der Waals surface area (Å²) in [5.41, 5.74) is 1.68. The zero-order valence-corrected chi connectivity index (χ0v) is 21.8. The van der Waals surface area contributed by atoms with E-state index in [1.807, 2.05) is 0 Å². The van der Waals surface area contributed by atoms with Crippen LogP contribution in [-0.2, 0) is 0 Å². The number of allylic oxidation sites excluding steroid dienone is 1. The molecule has 28 heavy (non-hydrogen) atoms. The minimum atomic E-state index is -0.402. The van der Waals surface area contributed by atoms with Gasteiger partial charge in [-0.3, -0.25) is 9.34 Å². The molecule has 1 heterocycles. The molecule has 2 nitrogen and oxygen atoms in total. The van der Waals surface area contributed by atoms with Gasteiger partial charge in [0.2, 0.25) is 0 Å². The maximum absolute atomic E-state index is 2.84. The first-order valence-electron chi connectivity index (χ1n) is 10.9. The lowest BCUT2D eigenvalue weighted by Gasteiger charge is -2.48. The summed E-state index contributed by atoms with van der Waals surface area (Å²) in [7, 11) is -0.666. The van der Waals surface area contributed by atoms with Gasteiger partial charge in [0.05, 0.1) is 7.91 Å². The van der Waals surface area contributed by atoms with E-state index in [9.17, 15) is 0 Å². The Morgan fingerprint density at radius 3 is 1.43 bits per heavy atom. The van der Waals surface area contributed by atoms with Crippen LogP contribution in [0.2, 0.25) is 0 Å². The number of hydrogen-bond acceptors (Lipinski definition) is 2. The first-order chi connectivity index (χ1) is 12.9. The van der Waals surface area contributed by atoms with Crippen molar-refractivity contribution in [2.75, 3.05) is 0 Å². The van der Waals surface area contributed by atoms with Gasteiger partial charge in [0.25, 0.3) is 0 Å². The predicted molar refractivity (Wildman–Crippen MR) is 131 cm³/mol. The van der Waals surface area contributed by atoms with E-state index in [4.69, 9.17) is 0 Å². The van der Waals surface area contributed by atoms with Gasteiger partial charge >= 0.3 is 0 Å². The minimum Gasteiger partial charge on any atom is -0.261 e. The first-order valence-corrected chi connectivity index (χ1v) is 14.2. The summed E-state index contributed by atoms with van der Waals surface area (Å²) in [4.78, 5) is 0. The second-order valence-corrected chi connectivity index (χ2v) is 15.3. The highest BCUT2D eigenvalue weighted by Gasteiger charge is 2.53. The van der Waals surface area contributed by atoms with Crippen LogP contribution in [0.4, 0.5) is 0 Å². The van der Waals surface area contributed by atoms with Crippen molar-refractivity contribution in [3.05, 3.63) is 41.2 Å². The third-order valence-corrected chi connectivity index (χ3v) is 13.6. The van der Waals surface area contributed by atoms with Gasteiger partial charge in [-0.1, -0.05) is 51.1 Å². The van der Waals surface area contributed by atoms with Crippen LogP contribution in [0.5, 0.6) is 0 Å². The van der Waals surface area contributed by atoms with Crippen molar-refractivity contribution in [2.45, 2.75) is 100 Å². The van der Waals surface area contributed by atoms with Crippen LogP contribution in [0.15, 0.2) is 35.6 Å². The van der Waals surface area contributed by atoms with Crippen LogP contribution in [-0.4, -0.2) is 33.5 Å². The van der Waals surface area contributed by atoms with Crippen molar-refractivity contribution >= 4 is 20.8 Å². The first kappa shape index (κ1) is 24.0. The summed E-state index contributed by atoms with van der Waals surface area (Å²) in [5.74, 6) is 0. The Hall–Kier alpha value is -0.260. The Morgan fingerprint density at radius 2 is 1.11 bits per heavy atom. The molecule has 0 saturated carbocycles. The molecule has 0 fully saturated rings. The van der Waals surface area contributed by atoms with E-state index in [1.165, 1.54) is 5.56 Å². The molecule has 0 aliphatic carbocycles. The smallest absolute Gasteiger partial charge is 0.0749 e. The molecule has 158 valence electrons. The lowest BCUT2D eigenvalue weighted by atomic mass is 9.95. The predicted octanol–water partition coefficient (Wildman–Crippen LogP) is 8.36.